The summed E-state index contributed by atoms with van der Waals surface area (Å²) < 4.78 is 11.0. The summed E-state index contributed by atoms with van der Waals surface area (Å²) in [5.41, 5.74) is 3.76. The summed E-state index contributed by atoms with van der Waals surface area (Å²) >= 11 is 0. The van der Waals surface area contributed by atoms with Crippen molar-refractivity contribution in [1.82, 2.24) is 10.6 Å². The highest BCUT2D eigenvalue weighted by Crippen LogP contribution is 2.35. The van der Waals surface area contributed by atoms with Crippen molar-refractivity contribution >= 4 is 5.70 Å². The highest BCUT2D eigenvalue weighted by Gasteiger charge is 2.27. The molecule has 4 rings (SSSR count). The van der Waals surface area contributed by atoms with Crippen molar-refractivity contribution in [3.8, 4) is 17.2 Å². The number of methoxy groups -OCH3 is 2. The SMILES string of the molecule is COc1cccc(C2=CC(c3ccccc3O)NC(c3ccccc3OC)N2)c1. The average molecular weight is 388 g/mol. The van der Waals surface area contributed by atoms with Gasteiger partial charge in [0.15, 0.2) is 0 Å². The lowest BCUT2D eigenvalue weighted by atomic mass is 9.97. The molecule has 1 heterocycles. The van der Waals surface area contributed by atoms with E-state index in [1.807, 2.05) is 66.7 Å². The number of para-hydroxylation sites is 2. The molecule has 0 spiro atoms. The van der Waals surface area contributed by atoms with E-state index in [-0.39, 0.29) is 18.0 Å². The molecule has 1 aliphatic rings. The second-order valence-corrected chi connectivity index (χ2v) is 6.83. The number of nitrogens with one attached hydrogen (secondary N) is 2. The minimum absolute atomic E-state index is 0.187. The first-order valence-corrected chi connectivity index (χ1v) is 9.49. The third kappa shape index (κ3) is 3.91. The molecule has 1 aliphatic heterocycles. The van der Waals surface area contributed by atoms with Crippen LogP contribution in [-0.2, 0) is 0 Å². The van der Waals surface area contributed by atoms with E-state index < -0.39 is 0 Å². The van der Waals surface area contributed by atoms with Crippen LogP contribution in [0.5, 0.6) is 17.2 Å². The Morgan fingerprint density at radius 2 is 1.59 bits per heavy atom. The smallest absolute Gasteiger partial charge is 0.125 e. The van der Waals surface area contributed by atoms with Gasteiger partial charge < -0.3 is 19.9 Å². The molecular weight excluding hydrogens is 364 g/mol. The summed E-state index contributed by atoms with van der Waals surface area (Å²) in [5.74, 6) is 1.84. The van der Waals surface area contributed by atoms with Crippen LogP contribution in [0.2, 0.25) is 0 Å². The van der Waals surface area contributed by atoms with Crippen LogP contribution in [0.1, 0.15) is 28.9 Å². The van der Waals surface area contributed by atoms with Crippen molar-refractivity contribution in [2.24, 2.45) is 0 Å². The van der Waals surface area contributed by atoms with E-state index in [0.717, 1.165) is 33.9 Å². The summed E-state index contributed by atoms with van der Waals surface area (Å²) in [4.78, 5) is 0. The monoisotopic (exact) mass is 388 g/mol. The molecule has 3 aromatic rings. The van der Waals surface area contributed by atoms with Gasteiger partial charge in [0.25, 0.3) is 0 Å². The predicted molar refractivity (Wildman–Crippen MR) is 114 cm³/mol. The zero-order chi connectivity index (χ0) is 20.2. The van der Waals surface area contributed by atoms with Gasteiger partial charge in [-0.2, -0.15) is 0 Å². The maximum absolute atomic E-state index is 10.4. The van der Waals surface area contributed by atoms with Gasteiger partial charge in [-0.05, 0) is 30.3 Å². The standard InChI is InChI=1S/C24H24N2O3/c1-28-17-9-7-8-16(14-17)20-15-21(18-10-3-5-12-22(18)27)26-24(25-20)19-11-4-6-13-23(19)29-2/h3-15,21,24-27H,1-2H3. The number of hydrogen-bond donors (Lipinski definition) is 3. The minimum atomic E-state index is -0.207. The summed E-state index contributed by atoms with van der Waals surface area (Å²) in [6.07, 6.45) is 1.87. The first kappa shape index (κ1) is 18.9. The van der Waals surface area contributed by atoms with Crippen molar-refractivity contribution < 1.29 is 14.6 Å². The molecule has 29 heavy (non-hydrogen) atoms. The molecule has 0 aromatic heterocycles. The highest BCUT2D eigenvalue weighted by atomic mass is 16.5. The third-order valence-corrected chi connectivity index (χ3v) is 5.08. The van der Waals surface area contributed by atoms with Gasteiger partial charge in [-0.1, -0.05) is 48.5 Å². The second kappa shape index (κ2) is 8.29. The Labute approximate surface area is 170 Å². The van der Waals surface area contributed by atoms with E-state index in [1.54, 1.807) is 20.3 Å². The fraction of sp³-hybridized carbons (Fsp3) is 0.167. The second-order valence-electron chi connectivity index (χ2n) is 6.83. The number of ether oxygens (including phenoxy) is 2. The normalized spacial score (nSPS) is 18.5. The summed E-state index contributed by atoms with van der Waals surface area (Å²) in [5, 5.41) is 17.6. The van der Waals surface area contributed by atoms with Gasteiger partial charge in [0.2, 0.25) is 0 Å². The molecule has 0 fully saturated rings. The Balaban J connectivity index is 1.79. The van der Waals surface area contributed by atoms with Gasteiger partial charge in [0.1, 0.15) is 23.4 Å². The van der Waals surface area contributed by atoms with E-state index in [4.69, 9.17) is 9.47 Å². The lowest BCUT2D eigenvalue weighted by Crippen LogP contribution is -2.39. The van der Waals surface area contributed by atoms with Crippen molar-refractivity contribution in [1.29, 1.82) is 0 Å². The number of rotatable bonds is 5. The lowest BCUT2D eigenvalue weighted by Gasteiger charge is -2.34. The van der Waals surface area contributed by atoms with Crippen LogP contribution >= 0.6 is 0 Å². The van der Waals surface area contributed by atoms with E-state index in [0.29, 0.717) is 0 Å². The van der Waals surface area contributed by atoms with Gasteiger partial charge in [-0.25, -0.2) is 0 Å². The predicted octanol–water partition coefficient (Wildman–Crippen LogP) is 4.38. The number of phenolic OH excluding ortho intramolecular Hbond substituents is 1. The highest BCUT2D eigenvalue weighted by molar-refractivity contribution is 5.68. The Bertz CT molecular complexity index is 1030. The molecule has 0 amide bonds. The van der Waals surface area contributed by atoms with Crippen LogP contribution in [0.3, 0.4) is 0 Å². The molecule has 0 saturated carbocycles. The molecule has 3 N–H and O–H groups in total. The summed E-state index contributed by atoms with van der Waals surface area (Å²) in [6.45, 7) is 0. The molecule has 0 radical (unpaired) electrons. The molecular formula is C24H24N2O3. The first-order valence-electron chi connectivity index (χ1n) is 9.49. The van der Waals surface area contributed by atoms with Crippen molar-refractivity contribution in [3.05, 3.63) is 95.6 Å². The van der Waals surface area contributed by atoms with Gasteiger partial charge >= 0.3 is 0 Å². The Morgan fingerprint density at radius 3 is 2.34 bits per heavy atom. The van der Waals surface area contributed by atoms with Crippen molar-refractivity contribution in [3.63, 3.8) is 0 Å². The average Bonchev–Trinajstić information content (AvgIpc) is 2.79. The van der Waals surface area contributed by atoms with Crippen LogP contribution < -0.4 is 20.1 Å². The number of benzene rings is 3. The van der Waals surface area contributed by atoms with E-state index in [2.05, 4.69) is 16.7 Å². The number of aromatic hydroxyl groups is 1. The van der Waals surface area contributed by atoms with Crippen LogP contribution in [0.15, 0.2) is 78.9 Å². The van der Waals surface area contributed by atoms with E-state index in [1.165, 1.54) is 0 Å². The fourth-order valence-electron chi connectivity index (χ4n) is 3.61. The van der Waals surface area contributed by atoms with Crippen LogP contribution in [0.25, 0.3) is 5.70 Å². The largest absolute Gasteiger partial charge is 0.508 e. The van der Waals surface area contributed by atoms with Gasteiger partial charge in [0, 0.05) is 22.4 Å². The maximum Gasteiger partial charge on any atom is 0.125 e. The van der Waals surface area contributed by atoms with Crippen LogP contribution in [0.4, 0.5) is 0 Å². The zero-order valence-electron chi connectivity index (χ0n) is 16.4. The minimum Gasteiger partial charge on any atom is -0.508 e. The molecule has 3 aromatic carbocycles. The molecule has 2 atom stereocenters. The maximum atomic E-state index is 10.4. The lowest BCUT2D eigenvalue weighted by molar-refractivity contribution is 0.379. The molecule has 0 saturated heterocycles. The van der Waals surface area contributed by atoms with Gasteiger partial charge in [0.05, 0.1) is 20.3 Å². The number of hydrogen-bond acceptors (Lipinski definition) is 5. The van der Waals surface area contributed by atoms with Crippen molar-refractivity contribution in [2.45, 2.75) is 12.2 Å². The van der Waals surface area contributed by atoms with Gasteiger partial charge in [-0.3, -0.25) is 5.32 Å². The summed E-state index contributed by atoms with van der Waals surface area (Å²) in [7, 11) is 3.33. The quantitative estimate of drug-likeness (QED) is 0.605. The molecule has 148 valence electrons. The first-order chi connectivity index (χ1) is 14.2. The molecule has 2 unspecified atom stereocenters. The molecule has 5 nitrogen and oxygen atoms in total. The van der Waals surface area contributed by atoms with Crippen LogP contribution in [-0.4, -0.2) is 19.3 Å². The molecule has 0 bridgehead atoms. The summed E-state index contributed by atoms with van der Waals surface area (Å²) in [6, 6.07) is 23.0. The molecule has 5 heteroatoms. The molecule has 0 aliphatic carbocycles. The Hall–Kier alpha value is -3.44. The van der Waals surface area contributed by atoms with Crippen LogP contribution in [0, 0.1) is 0 Å². The zero-order valence-corrected chi connectivity index (χ0v) is 16.4. The van der Waals surface area contributed by atoms with E-state index >= 15 is 0 Å². The van der Waals surface area contributed by atoms with Crippen molar-refractivity contribution in [2.75, 3.05) is 14.2 Å². The Kier molecular flexibility index (Phi) is 5.40. The topological polar surface area (TPSA) is 62.8 Å². The fourth-order valence-corrected chi connectivity index (χ4v) is 3.61. The number of phenols is 1. The van der Waals surface area contributed by atoms with E-state index in [9.17, 15) is 5.11 Å². The third-order valence-electron chi connectivity index (χ3n) is 5.08. The van der Waals surface area contributed by atoms with Gasteiger partial charge in [-0.15, -0.1) is 0 Å². The Morgan fingerprint density at radius 1 is 0.828 bits per heavy atom.